The normalized spacial score (nSPS) is 23.0. The molecule has 0 aliphatic heterocycles. The number of rotatable bonds is 5. The first-order valence-corrected chi connectivity index (χ1v) is 22.1. The summed E-state index contributed by atoms with van der Waals surface area (Å²) >= 11 is -3.11. The van der Waals surface area contributed by atoms with E-state index in [1.54, 1.807) is 9.84 Å². The molecule has 3 unspecified atom stereocenters. The quantitative estimate of drug-likeness (QED) is 0.183. The topological polar surface area (TPSA) is 0 Å². The molecule has 0 bridgehead atoms. The van der Waals surface area contributed by atoms with Crippen molar-refractivity contribution in [2.75, 3.05) is 0 Å². The van der Waals surface area contributed by atoms with E-state index in [1.165, 1.54) is 55.7 Å². The van der Waals surface area contributed by atoms with Crippen LogP contribution in [0.2, 0.25) is 0 Å². The van der Waals surface area contributed by atoms with Crippen molar-refractivity contribution in [1.82, 2.24) is 0 Å². The van der Waals surface area contributed by atoms with Crippen LogP contribution >= 0.6 is 0 Å². The summed E-state index contributed by atoms with van der Waals surface area (Å²) in [5.74, 6) is 0. The number of allylic oxidation sites excluding steroid dienone is 7. The summed E-state index contributed by atoms with van der Waals surface area (Å²) in [5, 5.41) is 0. The van der Waals surface area contributed by atoms with Crippen molar-refractivity contribution in [1.29, 1.82) is 0 Å². The van der Waals surface area contributed by atoms with Gasteiger partial charge in [0.2, 0.25) is 0 Å². The van der Waals surface area contributed by atoms with Crippen molar-refractivity contribution >= 4 is 18.2 Å². The van der Waals surface area contributed by atoms with E-state index in [1.807, 2.05) is 0 Å². The summed E-state index contributed by atoms with van der Waals surface area (Å²) in [6, 6.07) is 50.1. The Hall–Kier alpha value is -2.85. The van der Waals surface area contributed by atoms with Crippen LogP contribution in [0.5, 0.6) is 0 Å². The molecule has 5 aromatic rings. The molecule has 4 heteroatoms. The Morgan fingerprint density at radius 1 is 0.444 bits per heavy atom. The van der Waals surface area contributed by atoms with Gasteiger partial charge in [0.15, 0.2) is 0 Å². The van der Waals surface area contributed by atoms with Gasteiger partial charge < -0.3 is 24.8 Å². The molecule has 0 aromatic heterocycles. The molecule has 0 heterocycles. The number of halogens is 2. The van der Waals surface area contributed by atoms with Crippen LogP contribution in [0.1, 0.15) is 86.1 Å². The van der Waals surface area contributed by atoms with E-state index in [0.29, 0.717) is 0 Å². The van der Waals surface area contributed by atoms with E-state index in [2.05, 4.69) is 205 Å². The first kappa shape index (κ1) is 40.8. The van der Waals surface area contributed by atoms with Crippen LogP contribution in [0.4, 0.5) is 0 Å². The summed E-state index contributed by atoms with van der Waals surface area (Å²) in [6.07, 6.45) is 13.3. The van der Waals surface area contributed by atoms with Gasteiger partial charge in [0, 0.05) is 0 Å². The van der Waals surface area contributed by atoms with Gasteiger partial charge in [-0.05, 0) is 0 Å². The number of benzene rings is 5. The first-order chi connectivity index (χ1) is 24.5. The Labute approximate surface area is 361 Å². The van der Waals surface area contributed by atoms with Gasteiger partial charge in [-0.2, -0.15) is 0 Å². The van der Waals surface area contributed by atoms with E-state index < -0.39 is 21.8 Å². The fourth-order valence-corrected chi connectivity index (χ4v) is 18.0. The predicted octanol–water partition coefficient (Wildman–Crippen LogP) is 6.76. The third-order valence-electron chi connectivity index (χ3n) is 12.6. The second-order valence-corrected chi connectivity index (χ2v) is 22.3. The molecule has 4 aliphatic carbocycles. The van der Waals surface area contributed by atoms with Gasteiger partial charge in [-0.3, -0.25) is 0 Å². The van der Waals surface area contributed by atoms with Gasteiger partial charge in [0.1, 0.15) is 0 Å². The van der Waals surface area contributed by atoms with E-state index in [4.69, 9.17) is 0 Å². The largest absolute Gasteiger partial charge is 4.00 e. The maximum Gasteiger partial charge on any atom is 4.00 e. The second kappa shape index (κ2) is 14.9. The molecule has 0 spiro atoms. The van der Waals surface area contributed by atoms with Gasteiger partial charge in [0.25, 0.3) is 0 Å². The summed E-state index contributed by atoms with van der Waals surface area (Å²) in [4.78, 5) is 0. The fourth-order valence-electron chi connectivity index (χ4n) is 9.11. The van der Waals surface area contributed by atoms with Crippen molar-refractivity contribution in [2.24, 2.45) is 10.8 Å². The smallest absolute Gasteiger partial charge is 1.00 e. The zero-order valence-corrected chi connectivity index (χ0v) is 38.3. The Morgan fingerprint density at radius 3 is 1.35 bits per heavy atom. The van der Waals surface area contributed by atoms with E-state index in [9.17, 15) is 0 Å². The third kappa shape index (κ3) is 6.24. The minimum Gasteiger partial charge on any atom is -1.00 e. The number of hydrogen-bond donors (Lipinski definition) is 0. The van der Waals surface area contributed by atoms with Crippen LogP contribution in [0.25, 0.3) is 18.2 Å². The van der Waals surface area contributed by atoms with Crippen LogP contribution in [0.3, 0.4) is 0 Å². The molecule has 4 aliphatic rings. The van der Waals surface area contributed by atoms with Crippen LogP contribution in [0, 0.1) is 10.8 Å². The molecule has 264 valence electrons. The molecule has 0 N–H and O–H groups in total. The van der Waals surface area contributed by atoms with Gasteiger partial charge >= 0.3 is 340 Å². The van der Waals surface area contributed by atoms with Crippen LogP contribution in [-0.4, -0.2) is 0 Å². The summed E-state index contributed by atoms with van der Waals surface area (Å²) in [6.45, 7) is 14.6. The van der Waals surface area contributed by atoms with Gasteiger partial charge in [-0.1, -0.05) is 0 Å². The minimum atomic E-state index is -3.11. The summed E-state index contributed by atoms with van der Waals surface area (Å²) < 4.78 is 4.80. The van der Waals surface area contributed by atoms with Crippen molar-refractivity contribution < 1.29 is 72.8 Å². The Balaban J connectivity index is 0.00000166. The summed E-state index contributed by atoms with van der Waals surface area (Å²) in [7, 11) is 0. The zero-order valence-electron chi connectivity index (χ0n) is 31.8. The predicted molar refractivity (Wildman–Crippen MR) is 213 cm³/mol. The average Bonchev–Trinajstić information content (AvgIpc) is 3.78. The Kier molecular flexibility index (Phi) is 11.3. The van der Waals surface area contributed by atoms with Gasteiger partial charge in [-0.15, -0.1) is 0 Å². The van der Waals surface area contributed by atoms with Crippen LogP contribution < -0.4 is 24.8 Å². The van der Waals surface area contributed by atoms with Gasteiger partial charge in [-0.25, -0.2) is 0 Å². The van der Waals surface area contributed by atoms with Crippen LogP contribution in [0.15, 0.2) is 167 Å². The molecule has 0 amide bonds. The molecule has 0 nitrogen and oxygen atoms in total. The van der Waals surface area contributed by atoms with Crippen molar-refractivity contribution in [2.45, 2.75) is 52.4 Å². The monoisotopic (exact) mass is 895 g/mol. The molecule has 0 radical (unpaired) electrons. The Morgan fingerprint density at radius 2 is 0.870 bits per heavy atom. The average molecular weight is 899 g/mol. The first-order valence-electron chi connectivity index (χ1n) is 18.4. The zero-order chi connectivity index (χ0) is 35.2. The molecule has 54 heavy (non-hydrogen) atoms. The molecule has 0 saturated carbocycles. The number of hydrogen-bond acceptors (Lipinski definition) is 0. The van der Waals surface area contributed by atoms with Crippen molar-refractivity contribution in [3.63, 3.8) is 0 Å². The van der Waals surface area contributed by atoms with E-state index in [0.717, 1.165) is 0 Å². The maximum absolute atomic E-state index is 3.11. The van der Waals surface area contributed by atoms with E-state index in [-0.39, 0.29) is 72.7 Å². The standard InChI is InChI=1S/C18H19.2C16H13.2ClH.2Zr/c1-17(2,3)18(4)10-9-14-11-13-7-5-6-8-15(13)16(14)12-18;2*1-16(14-8-3-2-4-9-14)12-11-13-7-5-6-10-15(13)16;;;;/h5-8,10-12H,1-4H3;2*2-10,12H,1H3;2*1H;;/q;;;;;+1;+4/p-2. The molecular weight excluding hydrogens is 854 g/mol. The van der Waals surface area contributed by atoms with E-state index >= 15 is 0 Å². The molecule has 0 fully saturated rings. The van der Waals surface area contributed by atoms with Crippen LogP contribution in [-0.2, 0) is 58.8 Å². The molecule has 9 rings (SSSR count). The summed E-state index contributed by atoms with van der Waals surface area (Å²) in [5.41, 5.74) is 13.5. The number of fused-ring (bicyclic) bond motifs is 5. The van der Waals surface area contributed by atoms with Crippen molar-refractivity contribution in [3.05, 3.63) is 211 Å². The SMILES string of the molecule is CC1(c2ccccc2)C=[C]([Zr+]([C]2=CC(C)(C(C)(C)C)C=C3C2=Cc2ccccc23)[C]2=CC(C)(c3ccccc3)c3ccccc32)c2ccccc21.[Cl-].[Cl-].[Zr+4]. The third-order valence-corrected chi connectivity index (χ3v) is 19.6. The van der Waals surface area contributed by atoms with Gasteiger partial charge in [0.05, 0.1) is 0 Å². The molecular formula is C50H45Cl2Zr2+3. The molecule has 5 aromatic carbocycles. The molecule has 0 saturated heterocycles. The Bertz CT molecular complexity index is 2280. The minimum absolute atomic E-state index is 0. The second-order valence-electron chi connectivity index (χ2n) is 16.5. The maximum atomic E-state index is 2.74. The molecule has 3 atom stereocenters. The van der Waals surface area contributed by atoms with Crippen molar-refractivity contribution in [3.8, 4) is 0 Å². The fraction of sp³-hybridized carbons (Fsp3) is 0.200.